The maximum absolute atomic E-state index is 9.34. The van der Waals surface area contributed by atoms with Crippen LogP contribution in [-0.4, -0.2) is 52.0 Å². The van der Waals surface area contributed by atoms with Gasteiger partial charge >= 0.3 is 0 Å². The summed E-state index contributed by atoms with van der Waals surface area (Å²) in [5.41, 5.74) is 1.80. The Kier molecular flexibility index (Phi) is 4.31. The van der Waals surface area contributed by atoms with Crippen LogP contribution in [0.15, 0.2) is 30.6 Å². The maximum Gasteiger partial charge on any atom is 0.163 e. The van der Waals surface area contributed by atoms with Crippen LogP contribution in [0.2, 0.25) is 0 Å². The van der Waals surface area contributed by atoms with Gasteiger partial charge in [0, 0.05) is 36.3 Å². The molecule has 1 fully saturated rings. The molecule has 1 saturated heterocycles. The fraction of sp³-hybridized carbons (Fsp3) is 0.438. The Morgan fingerprint density at radius 3 is 3.00 bits per heavy atom. The molecule has 6 nitrogen and oxygen atoms in total. The number of ether oxygens (including phenoxy) is 1. The van der Waals surface area contributed by atoms with Crippen molar-refractivity contribution in [1.82, 2.24) is 15.0 Å². The van der Waals surface area contributed by atoms with Crippen LogP contribution in [0.25, 0.3) is 11.4 Å². The molecule has 0 saturated carbocycles. The number of aromatic nitrogens is 3. The van der Waals surface area contributed by atoms with Gasteiger partial charge in [0.2, 0.25) is 0 Å². The number of aliphatic hydroxyl groups is 1. The third-order valence-electron chi connectivity index (χ3n) is 3.76. The number of morpholine rings is 1. The zero-order chi connectivity index (χ0) is 15.5. The summed E-state index contributed by atoms with van der Waals surface area (Å²) >= 11 is 0. The van der Waals surface area contributed by atoms with Gasteiger partial charge in [-0.15, -0.1) is 0 Å². The Bertz CT molecular complexity index is 635. The predicted octanol–water partition coefficient (Wildman–Crippen LogP) is 1.43. The van der Waals surface area contributed by atoms with Crippen molar-refractivity contribution in [3.05, 3.63) is 36.3 Å². The van der Waals surface area contributed by atoms with Crippen molar-refractivity contribution in [3.8, 4) is 11.4 Å². The standard InChI is InChI=1S/C16H20N4O2/c1-11-6-15(20-8-14(9-21)22-10-12(20)2)19-16(18-11)13-4-3-5-17-7-13/h3-7,12,14,21H,8-10H2,1-2H3. The third-order valence-corrected chi connectivity index (χ3v) is 3.76. The molecule has 116 valence electrons. The Morgan fingerprint density at radius 2 is 2.27 bits per heavy atom. The predicted molar refractivity (Wildman–Crippen MR) is 83.6 cm³/mol. The summed E-state index contributed by atoms with van der Waals surface area (Å²) in [6, 6.07) is 6.00. The highest BCUT2D eigenvalue weighted by Crippen LogP contribution is 2.23. The van der Waals surface area contributed by atoms with E-state index < -0.39 is 0 Å². The second-order valence-corrected chi connectivity index (χ2v) is 5.57. The average molecular weight is 300 g/mol. The summed E-state index contributed by atoms with van der Waals surface area (Å²) in [4.78, 5) is 15.5. The van der Waals surface area contributed by atoms with Crippen molar-refractivity contribution in [2.75, 3.05) is 24.7 Å². The Balaban J connectivity index is 1.95. The molecule has 6 heteroatoms. The number of aryl methyl sites for hydroxylation is 1. The first kappa shape index (κ1) is 14.9. The van der Waals surface area contributed by atoms with E-state index in [0.717, 1.165) is 17.1 Å². The highest BCUT2D eigenvalue weighted by atomic mass is 16.5. The van der Waals surface area contributed by atoms with Gasteiger partial charge < -0.3 is 14.7 Å². The first-order chi connectivity index (χ1) is 10.7. The Labute approximate surface area is 129 Å². The van der Waals surface area contributed by atoms with E-state index in [1.54, 1.807) is 12.4 Å². The van der Waals surface area contributed by atoms with Crippen LogP contribution >= 0.6 is 0 Å². The molecule has 2 aromatic rings. The summed E-state index contributed by atoms with van der Waals surface area (Å²) in [5, 5.41) is 9.34. The number of aliphatic hydroxyl groups excluding tert-OH is 1. The summed E-state index contributed by atoms with van der Waals surface area (Å²) < 4.78 is 5.59. The SMILES string of the molecule is Cc1cc(N2CC(CO)OCC2C)nc(-c2cccnc2)n1. The van der Waals surface area contributed by atoms with Crippen molar-refractivity contribution >= 4 is 5.82 Å². The van der Waals surface area contributed by atoms with Crippen molar-refractivity contribution in [3.63, 3.8) is 0 Å². The lowest BCUT2D eigenvalue weighted by Crippen LogP contribution is -2.50. The van der Waals surface area contributed by atoms with Crippen LogP contribution in [0.3, 0.4) is 0 Å². The first-order valence-electron chi connectivity index (χ1n) is 7.42. The lowest BCUT2D eigenvalue weighted by Gasteiger charge is -2.38. The lowest BCUT2D eigenvalue weighted by atomic mass is 10.2. The second-order valence-electron chi connectivity index (χ2n) is 5.57. The molecule has 0 bridgehead atoms. The molecule has 1 N–H and O–H groups in total. The van der Waals surface area contributed by atoms with E-state index >= 15 is 0 Å². The van der Waals surface area contributed by atoms with Gasteiger partial charge in [-0.25, -0.2) is 9.97 Å². The van der Waals surface area contributed by atoms with Gasteiger partial charge in [0.05, 0.1) is 25.4 Å². The molecule has 0 aromatic carbocycles. The van der Waals surface area contributed by atoms with E-state index in [1.807, 2.05) is 25.1 Å². The molecule has 2 atom stereocenters. The minimum absolute atomic E-state index is 0.0166. The summed E-state index contributed by atoms with van der Waals surface area (Å²) in [5.74, 6) is 1.53. The summed E-state index contributed by atoms with van der Waals surface area (Å²) in [6.45, 7) is 5.27. The molecule has 0 aliphatic carbocycles. The molecular weight excluding hydrogens is 280 g/mol. The van der Waals surface area contributed by atoms with Gasteiger partial charge in [0.15, 0.2) is 5.82 Å². The molecule has 2 aromatic heterocycles. The number of hydrogen-bond acceptors (Lipinski definition) is 6. The van der Waals surface area contributed by atoms with Crippen LogP contribution in [0.4, 0.5) is 5.82 Å². The topological polar surface area (TPSA) is 71.4 Å². The summed E-state index contributed by atoms with van der Waals surface area (Å²) in [6.07, 6.45) is 3.32. The van der Waals surface area contributed by atoms with Crippen molar-refractivity contribution < 1.29 is 9.84 Å². The largest absolute Gasteiger partial charge is 0.394 e. The van der Waals surface area contributed by atoms with Gasteiger partial charge in [0.25, 0.3) is 0 Å². The van der Waals surface area contributed by atoms with Crippen LogP contribution in [-0.2, 0) is 4.74 Å². The quantitative estimate of drug-likeness (QED) is 0.924. The number of anilines is 1. The monoisotopic (exact) mass is 300 g/mol. The molecule has 0 spiro atoms. The average Bonchev–Trinajstić information content (AvgIpc) is 2.55. The fourth-order valence-corrected chi connectivity index (χ4v) is 2.57. The smallest absolute Gasteiger partial charge is 0.163 e. The molecule has 3 heterocycles. The molecular formula is C16H20N4O2. The normalized spacial score (nSPS) is 21.9. The first-order valence-corrected chi connectivity index (χ1v) is 7.42. The van der Waals surface area contributed by atoms with E-state index in [4.69, 9.17) is 4.74 Å². The molecule has 3 rings (SSSR count). The zero-order valence-corrected chi connectivity index (χ0v) is 12.8. The van der Waals surface area contributed by atoms with E-state index in [1.165, 1.54) is 0 Å². The van der Waals surface area contributed by atoms with E-state index in [-0.39, 0.29) is 18.8 Å². The molecule has 0 radical (unpaired) electrons. The number of rotatable bonds is 3. The molecule has 0 amide bonds. The van der Waals surface area contributed by atoms with Crippen LogP contribution in [0.1, 0.15) is 12.6 Å². The van der Waals surface area contributed by atoms with E-state index in [9.17, 15) is 5.11 Å². The second kappa shape index (κ2) is 6.37. The fourth-order valence-electron chi connectivity index (χ4n) is 2.57. The van der Waals surface area contributed by atoms with Crippen molar-refractivity contribution in [2.45, 2.75) is 26.0 Å². The van der Waals surface area contributed by atoms with Crippen LogP contribution < -0.4 is 4.90 Å². The van der Waals surface area contributed by atoms with Crippen molar-refractivity contribution in [2.24, 2.45) is 0 Å². The molecule has 2 unspecified atom stereocenters. The van der Waals surface area contributed by atoms with Crippen LogP contribution in [0.5, 0.6) is 0 Å². The molecule has 1 aliphatic heterocycles. The highest BCUT2D eigenvalue weighted by Gasteiger charge is 2.27. The number of nitrogens with zero attached hydrogens (tertiary/aromatic N) is 4. The summed E-state index contributed by atoms with van der Waals surface area (Å²) in [7, 11) is 0. The van der Waals surface area contributed by atoms with E-state index in [2.05, 4.69) is 26.8 Å². The highest BCUT2D eigenvalue weighted by molar-refractivity contribution is 5.57. The van der Waals surface area contributed by atoms with Gasteiger partial charge in [-0.1, -0.05) is 0 Å². The van der Waals surface area contributed by atoms with E-state index in [0.29, 0.717) is 19.0 Å². The molecule has 22 heavy (non-hydrogen) atoms. The number of pyridine rings is 1. The Morgan fingerprint density at radius 1 is 1.41 bits per heavy atom. The van der Waals surface area contributed by atoms with Gasteiger partial charge in [-0.3, -0.25) is 4.98 Å². The van der Waals surface area contributed by atoms with Crippen LogP contribution in [0, 0.1) is 6.92 Å². The maximum atomic E-state index is 9.34. The third kappa shape index (κ3) is 3.08. The lowest BCUT2D eigenvalue weighted by molar-refractivity contribution is -0.0105. The minimum Gasteiger partial charge on any atom is -0.394 e. The number of hydrogen-bond donors (Lipinski definition) is 1. The molecule has 1 aliphatic rings. The minimum atomic E-state index is -0.173. The van der Waals surface area contributed by atoms with Gasteiger partial charge in [0.1, 0.15) is 5.82 Å². The van der Waals surface area contributed by atoms with Crippen molar-refractivity contribution in [1.29, 1.82) is 0 Å². The Hall–Kier alpha value is -2.05. The van der Waals surface area contributed by atoms with Gasteiger partial charge in [-0.2, -0.15) is 0 Å². The zero-order valence-electron chi connectivity index (χ0n) is 12.8. The van der Waals surface area contributed by atoms with Gasteiger partial charge in [-0.05, 0) is 26.0 Å².